The fraction of sp³-hybridized carbons (Fsp3) is 0.250. The molecule has 0 saturated heterocycles. The van der Waals surface area contributed by atoms with Crippen LogP contribution in [0.5, 0.6) is 17.2 Å². The lowest BCUT2D eigenvalue weighted by molar-refractivity contribution is 0.0951. The molecule has 0 fully saturated rings. The fourth-order valence-corrected chi connectivity index (χ4v) is 2.76. The first-order valence-corrected chi connectivity index (χ1v) is 8.68. The van der Waals surface area contributed by atoms with Crippen LogP contribution < -0.4 is 19.5 Å². The van der Waals surface area contributed by atoms with Crippen molar-refractivity contribution in [3.63, 3.8) is 0 Å². The topological polar surface area (TPSA) is 87.5 Å². The standard InChI is InChI=1S/C20H22N4O4/c1-26-17-12-15(13-18(27-2)19(17)28-3)20(25)22-9-11-24-10-6-16(23-24)14-4-7-21-8-5-14/h4-8,10,12-13H,9,11H2,1-3H3,(H,22,25). The molecule has 0 spiro atoms. The molecule has 0 saturated carbocycles. The van der Waals surface area contributed by atoms with Gasteiger partial charge in [0.05, 0.1) is 33.6 Å². The molecule has 1 N–H and O–H groups in total. The summed E-state index contributed by atoms with van der Waals surface area (Å²) in [7, 11) is 4.54. The van der Waals surface area contributed by atoms with E-state index in [9.17, 15) is 4.79 Å². The Morgan fingerprint density at radius 1 is 1.04 bits per heavy atom. The first-order valence-electron chi connectivity index (χ1n) is 8.68. The van der Waals surface area contributed by atoms with Crippen LogP contribution in [0.1, 0.15) is 10.4 Å². The molecule has 1 amide bonds. The van der Waals surface area contributed by atoms with Crippen molar-refractivity contribution in [2.75, 3.05) is 27.9 Å². The third-order valence-electron chi connectivity index (χ3n) is 4.17. The number of hydrogen-bond donors (Lipinski definition) is 1. The van der Waals surface area contributed by atoms with E-state index in [4.69, 9.17) is 14.2 Å². The van der Waals surface area contributed by atoms with E-state index in [0.29, 0.717) is 35.9 Å². The van der Waals surface area contributed by atoms with Crippen molar-refractivity contribution in [3.8, 4) is 28.5 Å². The molecule has 8 nitrogen and oxygen atoms in total. The zero-order valence-corrected chi connectivity index (χ0v) is 16.0. The number of benzene rings is 1. The summed E-state index contributed by atoms with van der Waals surface area (Å²) in [5.74, 6) is 1.07. The molecule has 0 aliphatic heterocycles. The molecule has 2 aromatic heterocycles. The summed E-state index contributed by atoms with van der Waals surface area (Å²) in [6.07, 6.45) is 5.33. The summed E-state index contributed by atoms with van der Waals surface area (Å²) < 4.78 is 17.6. The van der Waals surface area contributed by atoms with E-state index >= 15 is 0 Å². The van der Waals surface area contributed by atoms with Crippen molar-refractivity contribution >= 4 is 5.91 Å². The Labute approximate surface area is 163 Å². The van der Waals surface area contributed by atoms with Gasteiger partial charge >= 0.3 is 0 Å². The van der Waals surface area contributed by atoms with Crippen LogP contribution in [-0.2, 0) is 6.54 Å². The first kappa shape index (κ1) is 19.2. The van der Waals surface area contributed by atoms with E-state index < -0.39 is 0 Å². The van der Waals surface area contributed by atoms with Crippen LogP contribution in [0.15, 0.2) is 48.9 Å². The van der Waals surface area contributed by atoms with Crippen molar-refractivity contribution in [3.05, 3.63) is 54.5 Å². The van der Waals surface area contributed by atoms with Gasteiger partial charge in [-0.2, -0.15) is 5.10 Å². The summed E-state index contributed by atoms with van der Waals surface area (Å²) >= 11 is 0. The van der Waals surface area contributed by atoms with Crippen LogP contribution in [0.4, 0.5) is 0 Å². The van der Waals surface area contributed by atoms with Gasteiger partial charge < -0.3 is 19.5 Å². The van der Waals surface area contributed by atoms with Gasteiger partial charge in [-0.25, -0.2) is 0 Å². The minimum Gasteiger partial charge on any atom is -0.493 e. The van der Waals surface area contributed by atoms with Crippen LogP contribution in [0.2, 0.25) is 0 Å². The molecule has 0 atom stereocenters. The van der Waals surface area contributed by atoms with Gasteiger partial charge in [0.25, 0.3) is 5.91 Å². The SMILES string of the molecule is COc1cc(C(=O)NCCn2ccc(-c3ccncc3)n2)cc(OC)c1OC. The lowest BCUT2D eigenvalue weighted by Crippen LogP contribution is -2.27. The number of ether oxygens (including phenoxy) is 3. The number of carbonyl (C=O) groups is 1. The van der Waals surface area contributed by atoms with E-state index in [-0.39, 0.29) is 5.91 Å². The van der Waals surface area contributed by atoms with Crippen molar-refractivity contribution in [2.24, 2.45) is 0 Å². The van der Waals surface area contributed by atoms with Gasteiger partial charge in [0.15, 0.2) is 11.5 Å². The molecule has 28 heavy (non-hydrogen) atoms. The number of methoxy groups -OCH3 is 3. The Hall–Kier alpha value is -3.55. The second-order valence-corrected chi connectivity index (χ2v) is 5.87. The quantitative estimate of drug-likeness (QED) is 0.644. The zero-order valence-electron chi connectivity index (χ0n) is 16.0. The number of nitrogens with one attached hydrogen (secondary N) is 1. The van der Waals surface area contributed by atoms with Gasteiger partial charge in [0.1, 0.15) is 0 Å². The maximum atomic E-state index is 12.5. The summed E-state index contributed by atoms with van der Waals surface area (Å²) in [6, 6.07) is 8.96. The van der Waals surface area contributed by atoms with Crippen molar-refractivity contribution < 1.29 is 19.0 Å². The maximum Gasteiger partial charge on any atom is 0.251 e. The Morgan fingerprint density at radius 2 is 1.71 bits per heavy atom. The second kappa shape index (κ2) is 8.90. The molecule has 3 aromatic rings. The number of rotatable bonds is 8. The second-order valence-electron chi connectivity index (χ2n) is 5.87. The number of hydrogen-bond acceptors (Lipinski definition) is 6. The number of nitrogens with zero attached hydrogens (tertiary/aromatic N) is 3. The summed E-state index contributed by atoms with van der Waals surface area (Å²) in [5, 5.41) is 7.38. The van der Waals surface area contributed by atoms with Crippen LogP contribution >= 0.6 is 0 Å². The number of amides is 1. The molecule has 0 unspecified atom stereocenters. The average Bonchev–Trinajstić information content (AvgIpc) is 3.22. The third kappa shape index (κ3) is 4.22. The molecule has 0 bridgehead atoms. The van der Waals surface area contributed by atoms with Gasteiger partial charge in [0.2, 0.25) is 5.75 Å². The predicted octanol–water partition coefficient (Wildman–Crippen LogP) is 2.40. The Morgan fingerprint density at radius 3 is 2.32 bits per heavy atom. The maximum absolute atomic E-state index is 12.5. The molecule has 1 aromatic carbocycles. The Kier molecular flexibility index (Phi) is 6.11. The Bertz CT molecular complexity index is 915. The smallest absolute Gasteiger partial charge is 0.251 e. The third-order valence-corrected chi connectivity index (χ3v) is 4.17. The highest BCUT2D eigenvalue weighted by Gasteiger charge is 2.16. The molecule has 3 rings (SSSR count). The highest BCUT2D eigenvalue weighted by atomic mass is 16.5. The average molecular weight is 382 g/mol. The van der Waals surface area contributed by atoms with Crippen molar-refractivity contribution in [1.82, 2.24) is 20.1 Å². The van der Waals surface area contributed by atoms with Crippen molar-refractivity contribution in [1.29, 1.82) is 0 Å². The number of carbonyl (C=O) groups excluding carboxylic acids is 1. The minimum absolute atomic E-state index is 0.235. The van der Waals surface area contributed by atoms with Crippen LogP contribution in [0, 0.1) is 0 Å². The van der Waals surface area contributed by atoms with Crippen LogP contribution in [0.25, 0.3) is 11.3 Å². The molecular weight excluding hydrogens is 360 g/mol. The van der Waals surface area contributed by atoms with Crippen molar-refractivity contribution in [2.45, 2.75) is 6.54 Å². The van der Waals surface area contributed by atoms with Gasteiger partial charge in [-0.15, -0.1) is 0 Å². The van der Waals surface area contributed by atoms with E-state index in [2.05, 4.69) is 15.4 Å². The highest BCUT2D eigenvalue weighted by molar-refractivity contribution is 5.95. The van der Waals surface area contributed by atoms with Gasteiger partial charge in [-0.05, 0) is 30.3 Å². The normalized spacial score (nSPS) is 10.4. The molecule has 8 heteroatoms. The first-order chi connectivity index (χ1) is 13.7. The lowest BCUT2D eigenvalue weighted by Gasteiger charge is -2.14. The molecule has 2 heterocycles. The lowest BCUT2D eigenvalue weighted by atomic mass is 10.1. The summed E-state index contributed by atoms with van der Waals surface area (Å²) in [5.41, 5.74) is 2.28. The van der Waals surface area contributed by atoms with E-state index in [1.54, 1.807) is 29.2 Å². The molecule has 0 aliphatic rings. The fourth-order valence-electron chi connectivity index (χ4n) is 2.76. The van der Waals surface area contributed by atoms with Crippen LogP contribution in [0.3, 0.4) is 0 Å². The predicted molar refractivity (Wildman–Crippen MR) is 104 cm³/mol. The minimum atomic E-state index is -0.235. The monoisotopic (exact) mass is 382 g/mol. The molecule has 146 valence electrons. The van der Waals surface area contributed by atoms with Gasteiger partial charge in [-0.3, -0.25) is 14.5 Å². The van der Waals surface area contributed by atoms with Crippen LogP contribution in [-0.4, -0.2) is 48.5 Å². The zero-order chi connectivity index (χ0) is 19.9. The largest absolute Gasteiger partial charge is 0.493 e. The van der Waals surface area contributed by atoms with E-state index in [1.165, 1.54) is 21.3 Å². The summed E-state index contributed by atoms with van der Waals surface area (Å²) in [6.45, 7) is 0.966. The molecule has 0 radical (unpaired) electrons. The van der Waals surface area contributed by atoms with Gasteiger partial charge in [-0.1, -0.05) is 0 Å². The number of pyridine rings is 1. The highest BCUT2D eigenvalue weighted by Crippen LogP contribution is 2.38. The van der Waals surface area contributed by atoms with E-state index in [1.807, 2.05) is 24.4 Å². The molecule has 0 aliphatic carbocycles. The molecular formula is C20H22N4O4. The summed E-state index contributed by atoms with van der Waals surface area (Å²) in [4.78, 5) is 16.5. The van der Waals surface area contributed by atoms with Gasteiger partial charge in [0, 0.05) is 36.3 Å². The number of aromatic nitrogens is 3. The van der Waals surface area contributed by atoms with E-state index in [0.717, 1.165) is 11.3 Å². The Balaban J connectivity index is 1.63.